The Morgan fingerprint density at radius 1 is 0.906 bits per heavy atom. The first-order valence-corrected chi connectivity index (χ1v) is 11.8. The number of rotatable bonds is 9. The highest BCUT2D eigenvalue weighted by atomic mass is 32.2. The van der Waals surface area contributed by atoms with E-state index in [1.165, 1.54) is 36.4 Å². The number of benzene rings is 3. The predicted molar refractivity (Wildman–Crippen MR) is 129 cm³/mol. The van der Waals surface area contributed by atoms with Crippen LogP contribution < -0.4 is 15.0 Å². The molecule has 1 amide bonds. The number of hydrazone groups is 1. The van der Waals surface area contributed by atoms with Crippen LogP contribution in [0, 0.1) is 0 Å². The topological polar surface area (TPSA) is 90.9 Å². The first-order chi connectivity index (χ1) is 15.4. The zero-order valence-corrected chi connectivity index (χ0v) is 18.8. The molecule has 0 radical (unpaired) electrons. The van der Waals surface area contributed by atoms with Gasteiger partial charge < -0.3 is 4.90 Å². The summed E-state index contributed by atoms with van der Waals surface area (Å²) in [4.78, 5) is 14.7. The van der Waals surface area contributed by atoms with E-state index < -0.39 is 15.9 Å². The van der Waals surface area contributed by atoms with Gasteiger partial charge in [0.05, 0.1) is 11.1 Å². The lowest BCUT2D eigenvalue weighted by molar-refractivity contribution is 0.0955. The number of sulfonamides is 1. The number of nitrogens with zero attached hydrogens (tertiary/aromatic N) is 2. The molecule has 0 aromatic heterocycles. The Hall–Kier alpha value is -3.65. The molecule has 0 unspecified atom stereocenters. The molecule has 0 atom stereocenters. The Morgan fingerprint density at radius 2 is 1.53 bits per heavy atom. The van der Waals surface area contributed by atoms with Gasteiger partial charge in [-0.1, -0.05) is 30.3 Å². The van der Waals surface area contributed by atoms with E-state index in [4.69, 9.17) is 0 Å². The lowest BCUT2D eigenvalue weighted by atomic mass is 10.2. The predicted octanol–water partition coefficient (Wildman–Crippen LogP) is 4.10. The van der Waals surface area contributed by atoms with E-state index in [1.54, 1.807) is 24.4 Å². The Morgan fingerprint density at radius 3 is 2.12 bits per heavy atom. The minimum Gasteiger partial charge on any atom is -0.372 e. The van der Waals surface area contributed by atoms with Crippen molar-refractivity contribution in [3.8, 4) is 0 Å². The quantitative estimate of drug-likeness (QED) is 0.379. The average Bonchev–Trinajstić information content (AvgIpc) is 2.81. The molecule has 0 spiro atoms. The van der Waals surface area contributed by atoms with Crippen molar-refractivity contribution in [1.29, 1.82) is 0 Å². The summed E-state index contributed by atoms with van der Waals surface area (Å²) in [5, 5.41) is 4.00. The van der Waals surface area contributed by atoms with Crippen molar-refractivity contribution in [2.45, 2.75) is 18.7 Å². The van der Waals surface area contributed by atoms with Gasteiger partial charge in [-0.05, 0) is 67.9 Å². The van der Waals surface area contributed by atoms with E-state index in [9.17, 15) is 13.2 Å². The molecule has 0 saturated heterocycles. The van der Waals surface area contributed by atoms with Crippen molar-refractivity contribution < 1.29 is 13.2 Å². The van der Waals surface area contributed by atoms with Gasteiger partial charge in [-0.25, -0.2) is 13.8 Å². The summed E-state index contributed by atoms with van der Waals surface area (Å²) in [6.45, 7) is 6.09. The van der Waals surface area contributed by atoms with Crippen LogP contribution in [0.2, 0.25) is 0 Å². The van der Waals surface area contributed by atoms with Gasteiger partial charge in [-0.2, -0.15) is 5.10 Å². The molecule has 3 rings (SSSR count). The van der Waals surface area contributed by atoms with Gasteiger partial charge in [-0.3, -0.25) is 9.52 Å². The maximum atomic E-state index is 12.4. The highest BCUT2D eigenvalue weighted by molar-refractivity contribution is 7.92. The summed E-state index contributed by atoms with van der Waals surface area (Å²) in [5.74, 6) is -0.390. The molecule has 8 heteroatoms. The highest BCUT2D eigenvalue weighted by Crippen LogP contribution is 2.17. The molecule has 0 fully saturated rings. The van der Waals surface area contributed by atoms with Gasteiger partial charge in [0, 0.05) is 30.0 Å². The Bertz CT molecular complexity index is 1160. The maximum absolute atomic E-state index is 12.4. The molecule has 0 bridgehead atoms. The van der Waals surface area contributed by atoms with Crippen molar-refractivity contribution in [3.63, 3.8) is 0 Å². The van der Waals surface area contributed by atoms with E-state index >= 15 is 0 Å². The molecule has 0 heterocycles. The van der Waals surface area contributed by atoms with Crippen LogP contribution in [0.15, 0.2) is 88.9 Å². The number of amides is 1. The monoisotopic (exact) mass is 450 g/mol. The Balaban J connectivity index is 1.58. The highest BCUT2D eigenvalue weighted by Gasteiger charge is 2.13. The second-order valence-corrected chi connectivity index (χ2v) is 8.64. The number of carbonyl (C=O) groups is 1. The van der Waals surface area contributed by atoms with E-state index in [0.29, 0.717) is 11.3 Å². The van der Waals surface area contributed by atoms with Gasteiger partial charge in [0.2, 0.25) is 0 Å². The second-order valence-electron chi connectivity index (χ2n) is 6.96. The molecule has 0 aliphatic carbocycles. The summed E-state index contributed by atoms with van der Waals surface area (Å²) in [5.41, 5.74) is 5.21. The molecule has 0 saturated carbocycles. The fourth-order valence-corrected chi connectivity index (χ4v) is 4.17. The van der Waals surface area contributed by atoms with E-state index in [1.807, 2.05) is 24.3 Å². The summed E-state index contributed by atoms with van der Waals surface area (Å²) in [6, 6.07) is 22.1. The molecular formula is C24H26N4O3S. The third-order valence-corrected chi connectivity index (χ3v) is 6.25. The molecule has 0 aliphatic rings. The smallest absolute Gasteiger partial charge is 0.271 e. The first kappa shape index (κ1) is 23.0. The third kappa shape index (κ3) is 5.95. The fraction of sp³-hybridized carbons (Fsp3) is 0.167. The second kappa shape index (κ2) is 10.6. The summed E-state index contributed by atoms with van der Waals surface area (Å²) >= 11 is 0. The molecule has 7 nitrogen and oxygen atoms in total. The summed E-state index contributed by atoms with van der Waals surface area (Å²) in [7, 11) is -3.68. The minimum atomic E-state index is -3.68. The summed E-state index contributed by atoms with van der Waals surface area (Å²) in [6.07, 6.45) is 1.58. The standard InChI is InChI=1S/C24H26N4O3S/c1-3-28(4-2)22-16-10-19(11-17-22)18-25-26-24(29)20-12-14-21(15-13-20)27-32(30,31)23-8-6-5-7-9-23/h5-18,27H,3-4H2,1-2H3,(H,26,29). The van der Waals surface area contributed by atoms with Gasteiger partial charge in [0.1, 0.15) is 0 Å². The van der Waals surface area contributed by atoms with Gasteiger partial charge in [0.15, 0.2) is 0 Å². The largest absolute Gasteiger partial charge is 0.372 e. The molecule has 3 aromatic rings. The number of anilines is 2. The van der Waals surface area contributed by atoms with Gasteiger partial charge in [-0.15, -0.1) is 0 Å². The lowest BCUT2D eigenvalue weighted by Gasteiger charge is -2.20. The molecule has 0 aliphatic heterocycles. The normalized spacial score (nSPS) is 11.3. The van der Waals surface area contributed by atoms with Crippen molar-refractivity contribution in [3.05, 3.63) is 90.0 Å². The molecule has 32 heavy (non-hydrogen) atoms. The van der Waals surface area contributed by atoms with E-state index in [2.05, 4.69) is 34.0 Å². The molecule has 2 N–H and O–H groups in total. The van der Waals surface area contributed by atoms with Crippen molar-refractivity contribution in [2.75, 3.05) is 22.7 Å². The van der Waals surface area contributed by atoms with Crippen LogP contribution >= 0.6 is 0 Å². The third-order valence-electron chi connectivity index (χ3n) is 4.85. The van der Waals surface area contributed by atoms with Crippen molar-refractivity contribution in [2.24, 2.45) is 5.10 Å². The first-order valence-electron chi connectivity index (χ1n) is 10.3. The number of hydrogen-bond donors (Lipinski definition) is 2. The Labute approximate surface area is 188 Å². The number of carbonyl (C=O) groups excluding carboxylic acids is 1. The number of hydrogen-bond acceptors (Lipinski definition) is 5. The van der Waals surface area contributed by atoms with Crippen LogP contribution in [0.3, 0.4) is 0 Å². The molecule has 3 aromatic carbocycles. The van der Waals surface area contributed by atoms with Crippen LogP contribution in [0.5, 0.6) is 0 Å². The zero-order valence-electron chi connectivity index (χ0n) is 18.0. The van der Waals surface area contributed by atoms with Crippen molar-refractivity contribution >= 4 is 33.5 Å². The Kier molecular flexibility index (Phi) is 7.62. The van der Waals surface area contributed by atoms with Crippen LogP contribution in [0.25, 0.3) is 0 Å². The summed E-state index contributed by atoms with van der Waals surface area (Å²) < 4.78 is 27.2. The van der Waals surface area contributed by atoms with Crippen LogP contribution in [-0.2, 0) is 10.0 Å². The SMILES string of the molecule is CCN(CC)c1ccc(C=NNC(=O)c2ccc(NS(=O)(=O)c3ccccc3)cc2)cc1. The van der Waals surface area contributed by atoms with Crippen molar-refractivity contribution in [1.82, 2.24) is 5.43 Å². The number of nitrogens with one attached hydrogen (secondary N) is 2. The van der Waals surface area contributed by atoms with Gasteiger partial charge >= 0.3 is 0 Å². The van der Waals surface area contributed by atoms with Crippen LogP contribution in [0.1, 0.15) is 29.8 Å². The minimum absolute atomic E-state index is 0.168. The lowest BCUT2D eigenvalue weighted by Crippen LogP contribution is -2.21. The van der Waals surface area contributed by atoms with Crippen LogP contribution in [-0.4, -0.2) is 33.6 Å². The van der Waals surface area contributed by atoms with E-state index in [-0.39, 0.29) is 4.90 Å². The van der Waals surface area contributed by atoms with Gasteiger partial charge in [0.25, 0.3) is 15.9 Å². The molecule has 166 valence electrons. The molecular weight excluding hydrogens is 424 g/mol. The zero-order chi connectivity index (χ0) is 23.0. The maximum Gasteiger partial charge on any atom is 0.271 e. The fourth-order valence-electron chi connectivity index (χ4n) is 3.09. The average molecular weight is 451 g/mol. The van der Waals surface area contributed by atoms with Crippen LogP contribution in [0.4, 0.5) is 11.4 Å². The van der Waals surface area contributed by atoms with E-state index in [0.717, 1.165) is 24.3 Å².